The van der Waals surface area contributed by atoms with Gasteiger partial charge in [-0.1, -0.05) is 11.6 Å². The highest BCUT2D eigenvalue weighted by Gasteiger charge is 2.02. The monoisotopic (exact) mass is 242 g/mol. The third-order valence-corrected chi connectivity index (χ3v) is 2.26. The van der Waals surface area contributed by atoms with Crippen molar-refractivity contribution in [2.45, 2.75) is 6.42 Å². The van der Waals surface area contributed by atoms with E-state index < -0.39 is 0 Å². The molecule has 0 aliphatic carbocycles. The zero-order chi connectivity index (χ0) is 10.7. The molecule has 4 nitrogen and oxygen atoms in total. The normalized spacial score (nSPS) is 10.5. The second-order valence-electron chi connectivity index (χ2n) is 2.95. The van der Waals surface area contributed by atoms with Gasteiger partial charge in [-0.05, 0) is 24.1 Å². The number of aryl methyl sites for hydroxylation is 1. The average Bonchev–Trinajstić information content (AvgIpc) is 2.68. The minimum absolute atomic E-state index is 0.367. The van der Waals surface area contributed by atoms with E-state index in [1.165, 1.54) is 0 Å². The molecule has 2 aromatic rings. The molecule has 0 N–H and O–H groups in total. The SMILES string of the molecule is ClCCc1cnn(-c2ccc(Cl)nn2)c1. The minimum Gasteiger partial charge on any atom is -0.221 e. The Morgan fingerprint density at radius 1 is 1.27 bits per heavy atom. The summed E-state index contributed by atoms with van der Waals surface area (Å²) in [5.74, 6) is 1.22. The van der Waals surface area contributed by atoms with Gasteiger partial charge >= 0.3 is 0 Å². The summed E-state index contributed by atoms with van der Waals surface area (Å²) in [7, 11) is 0. The lowest BCUT2D eigenvalue weighted by molar-refractivity contribution is 0.814. The standard InChI is InChI=1S/C9H8Cl2N4/c10-4-3-7-5-12-15(6-7)9-2-1-8(11)13-14-9/h1-2,5-6H,3-4H2. The summed E-state index contributed by atoms with van der Waals surface area (Å²) in [6.45, 7) is 0. The van der Waals surface area contributed by atoms with E-state index in [0.717, 1.165) is 12.0 Å². The van der Waals surface area contributed by atoms with Gasteiger partial charge < -0.3 is 0 Å². The first-order chi connectivity index (χ1) is 7.29. The Labute approximate surface area is 96.8 Å². The van der Waals surface area contributed by atoms with Crippen LogP contribution >= 0.6 is 23.2 Å². The smallest absolute Gasteiger partial charge is 0.175 e. The second-order valence-corrected chi connectivity index (χ2v) is 3.71. The van der Waals surface area contributed by atoms with E-state index in [0.29, 0.717) is 16.9 Å². The van der Waals surface area contributed by atoms with Crippen LogP contribution in [0.2, 0.25) is 5.15 Å². The number of aromatic nitrogens is 4. The van der Waals surface area contributed by atoms with E-state index >= 15 is 0 Å². The van der Waals surface area contributed by atoms with Crippen LogP contribution in [0.3, 0.4) is 0 Å². The Hall–Kier alpha value is -1.13. The number of hydrogen-bond acceptors (Lipinski definition) is 3. The van der Waals surface area contributed by atoms with Crippen molar-refractivity contribution in [2.24, 2.45) is 0 Å². The first kappa shape index (κ1) is 10.4. The van der Waals surface area contributed by atoms with Gasteiger partial charge in [0.2, 0.25) is 0 Å². The first-order valence-electron chi connectivity index (χ1n) is 4.39. The lowest BCUT2D eigenvalue weighted by atomic mass is 10.3. The maximum absolute atomic E-state index is 5.63. The first-order valence-corrected chi connectivity index (χ1v) is 5.30. The molecule has 0 bridgehead atoms. The number of halogens is 2. The quantitative estimate of drug-likeness (QED) is 0.775. The van der Waals surface area contributed by atoms with Crippen LogP contribution in [-0.4, -0.2) is 25.9 Å². The van der Waals surface area contributed by atoms with Gasteiger partial charge in [0, 0.05) is 12.1 Å². The van der Waals surface area contributed by atoms with Gasteiger partial charge in [-0.15, -0.1) is 21.8 Å². The van der Waals surface area contributed by atoms with Gasteiger partial charge in [-0.25, -0.2) is 4.68 Å². The molecule has 0 saturated carbocycles. The molecule has 2 rings (SSSR count). The molecule has 0 spiro atoms. The Kier molecular flexibility index (Phi) is 3.18. The summed E-state index contributed by atoms with van der Waals surface area (Å²) in [6, 6.07) is 3.43. The third kappa shape index (κ3) is 2.46. The molecule has 0 fully saturated rings. The average molecular weight is 243 g/mol. The highest BCUT2D eigenvalue weighted by Crippen LogP contribution is 2.08. The molecule has 78 valence electrons. The molecule has 2 heterocycles. The zero-order valence-corrected chi connectivity index (χ0v) is 9.28. The van der Waals surface area contributed by atoms with Gasteiger partial charge in [0.1, 0.15) is 0 Å². The van der Waals surface area contributed by atoms with E-state index in [9.17, 15) is 0 Å². The lowest BCUT2D eigenvalue weighted by Gasteiger charge is -1.97. The molecule has 0 aliphatic heterocycles. The van der Waals surface area contributed by atoms with Crippen LogP contribution in [0.15, 0.2) is 24.5 Å². The molecule has 2 aromatic heterocycles. The number of nitrogens with zero attached hydrogens (tertiary/aromatic N) is 4. The molecule has 0 radical (unpaired) electrons. The molecule has 6 heteroatoms. The number of alkyl halides is 1. The Bertz CT molecular complexity index is 438. The van der Waals surface area contributed by atoms with Crippen molar-refractivity contribution in [3.63, 3.8) is 0 Å². The Morgan fingerprint density at radius 3 is 2.80 bits per heavy atom. The highest BCUT2D eigenvalue weighted by atomic mass is 35.5. The van der Waals surface area contributed by atoms with Crippen molar-refractivity contribution in [3.05, 3.63) is 35.2 Å². The van der Waals surface area contributed by atoms with Crippen LogP contribution in [-0.2, 0) is 6.42 Å². The molecular weight excluding hydrogens is 235 g/mol. The maximum atomic E-state index is 5.63. The van der Waals surface area contributed by atoms with Crippen LogP contribution in [0.1, 0.15) is 5.56 Å². The van der Waals surface area contributed by atoms with Crippen LogP contribution < -0.4 is 0 Å². The Morgan fingerprint density at radius 2 is 2.13 bits per heavy atom. The molecule has 0 unspecified atom stereocenters. The van der Waals surface area contributed by atoms with Gasteiger partial charge in [0.05, 0.1) is 6.20 Å². The topological polar surface area (TPSA) is 43.6 Å². The van der Waals surface area contributed by atoms with Crippen molar-refractivity contribution >= 4 is 23.2 Å². The molecule has 0 atom stereocenters. The minimum atomic E-state index is 0.367. The maximum Gasteiger partial charge on any atom is 0.175 e. The zero-order valence-electron chi connectivity index (χ0n) is 7.77. The van der Waals surface area contributed by atoms with E-state index in [1.54, 1.807) is 23.0 Å². The second kappa shape index (κ2) is 4.59. The predicted octanol–water partition coefficient (Wildman–Crippen LogP) is 2.10. The number of hydrogen-bond donors (Lipinski definition) is 0. The van der Waals surface area contributed by atoms with Crippen molar-refractivity contribution in [2.75, 3.05) is 5.88 Å². The fourth-order valence-corrected chi connectivity index (χ4v) is 1.47. The molecule has 0 aromatic carbocycles. The molecule has 0 aliphatic rings. The molecule has 15 heavy (non-hydrogen) atoms. The summed E-state index contributed by atoms with van der Waals surface area (Å²) < 4.78 is 1.64. The van der Waals surface area contributed by atoms with Crippen LogP contribution in [0, 0.1) is 0 Å². The number of rotatable bonds is 3. The van der Waals surface area contributed by atoms with Crippen LogP contribution in [0.25, 0.3) is 5.82 Å². The van der Waals surface area contributed by atoms with Crippen LogP contribution in [0.5, 0.6) is 0 Å². The highest BCUT2D eigenvalue weighted by molar-refractivity contribution is 6.29. The van der Waals surface area contributed by atoms with E-state index in [1.807, 2.05) is 6.20 Å². The van der Waals surface area contributed by atoms with E-state index in [4.69, 9.17) is 23.2 Å². The molecule has 0 saturated heterocycles. The van der Waals surface area contributed by atoms with E-state index in [2.05, 4.69) is 15.3 Å². The van der Waals surface area contributed by atoms with Crippen molar-refractivity contribution < 1.29 is 0 Å². The van der Waals surface area contributed by atoms with Crippen molar-refractivity contribution in [3.8, 4) is 5.82 Å². The fourth-order valence-electron chi connectivity index (χ4n) is 1.15. The summed E-state index contributed by atoms with van der Waals surface area (Å²) in [6.07, 6.45) is 4.43. The molecular formula is C9H8Cl2N4. The van der Waals surface area contributed by atoms with Gasteiger partial charge in [0.25, 0.3) is 0 Å². The fraction of sp³-hybridized carbons (Fsp3) is 0.222. The lowest BCUT2D eigenvalue weighted by Crippen LogP contribution is -1.98. The van der Waals surface area contributed by atoms with Crippen molar-refractivity contribution in [1.29, 1.82) is 0 Å². The predicted molar refractivity (Wildman–Crippen MR) is 58.6 cm³/mol. The molecule has 0 amide bonds. The van der Waals surface area contributed by atoms with Gasteiger partial charge in [-0.3, -0.25) is 0 Å². The largest absolute Gasteiger partial charge is 0.221 e. The van der Waals surface area contributed by atoms with E-state index in [-0.39, 0.29) is 0 Å². The Balaban J connectivity index is 2.25. The summed E-state index contributed by atoms with van der Waals surface area (Å²) >= 11 is 11.3. The summed E-state index contributed by atoms with van der Waals surface area (Å²) in [5, 5.41) is 12.2. The third-order valence-electron chi connectivity index (χ3n) is 1.87. The summed E-state index contributed by atoms with van der Waals surface area (Å²) in [4.78, 5) is 0. The van der Waals surface area contributed by atoms with Gasteiger partial charge in [-0.2, -0.15) is 5.10 Å². The summed E-state index contributed by atoms with van der Waals surface area (Å²) in [5.41, 5.74) is 1.07. The van der Waals surface area contributed by atoms with Gasteiger partial charge in [0.15, 0.2) is 11.0 Å². The van der Waals surface area contributed by atoms with Crippen molar-refractivity contribution in [1.82, 2.24) is 20.0 Å². The van der Waals surface area contributed by atoms with Crippen LogP contribution in [0.4, 0.5) is 0 Å².